The average Bonchev–Trinajstić information content (AvgIpc) is 2.47. The number of aldehydes is 1. The summed E-state index contributed by atoms with van der Waals surface area (Å²) in [4.78, 5) is 38.2. The Bertz CT molecular complexity index is 421. The lowest BCUT2D eigenvalue weighted by atomic mass is 10.0. The van der Waals surface area contributed by atoms with Crippen molar-refractivity contribution in [1.82, 2.24) is 10.6 Å². The largest absolute Gasteiger partial charge is 0.370 e. The van der Waals surface area contributed by atoms with Gasteiger partial charge in [0.15, 0.2) is 5.96 Å². The van der Waals surface area contributed by atoms with Gasteiger partial charge in [-0.05, 0) is 25.2 Å². The van der Waals surface area contributed by atoms with Crippen LogP contribution in [0.25, 0.3) is 0 Å². The number of guanidine groups is 1. The van der Waals surface area contributed by atoms with Crippen molar-refractivity contribution in [2.24, 2.45) is 28.1 Å². The SMILES string of the molecule is CC(C)C[C@H](NC(=O)[C@@H](N)CCCN=C(N)N)C(=O)NCC=O. The van der Waals surface area contributed by atoms with E-state index in [2.05, 4.69) is 15.6 Å². The highest BCUT2D eigenvalue weighted by atomic mass is 16.2. The van der Waals surface area contributed by atoms with Gasteiger partial charge >= 0.3 is 0 Å². The molecule has 9 nitrogen and oxygen atoms in total. The van der Waals surface area contributed by atoms with Gasteiger partial charge in [0.2, 0.25) is 11.8 Å². The quantitative estimate of drug-likeness (QED) is 0.130. The summed E-state index contributed by atoms with van der Waals surface area (Å²) in [5.74, 6) is -0.624. The second kappa shape index (κ2) is 11.4. The van der Waals surface area contributed by atoms with Crippen molar-refractivity contribution in [3.05, 3.63) is 0 Å². The van der Waals surface area contributed by atoms with Crippen LogP contribution in [-0.4, -0.2) is 49.2 Å². The Morgan fingerprint density at radius 3 is 2.39 bits per heavy atom. The molecule has 0 aliphatic carbocycles. The smallest absolute Gasteiger partial charge is 0.242 e. The van der Waals surface area contributed by atoms with Crippen LogP contribution in [0.4, 0.5) is 0 Å². The molecule has 0 aromatic rings. The highest BCUT2D eigenvalue weighted by Gasteiger charge is 2.24. The topological polar surface area (TPSA) is 166 Å². The third-order valence-corrected chi connectivity index (χ3v) is 3.00. The van der Waals surface area contributed by atoms with E-state index < -0.39 is 23.9 Å². The molecule has 0 saturated carbocycles. The maximum atomic E-state index is 12.1. The Balaban J connectivity index is 4.47. The maximum Gasteiger partial charge on any atom is 0.242 e. The lowest BCUT2D eigenvalue weighted by Crippen LogP contribution is -2.52. The average molecular weight is 328 g/mol. The predicted octanol–water partition coefficient (Wildman–Crippen LogP) is -1.79. The fourth-order valence-corrected chi connectivity index (χ4v) is 1.90. The van der Waals surface area contributed by atoms with E-state index in [9.17, 15) is 14.4 Å². The first-order chi connectivity index (χ1) is 10.8. The summed E-state index contributed by atoms with van der Waals surface area (Å²) in [5, 5.41) is 5.07. The lowest BCUT2D eigenvalue weighted by molar-refractivity contribution is -0.130. The summed E-state index contributed by atoms with van der Waals surface area (Å²) in [6.07, 6.45) is 1.99. The highest BCUT2D eigenvalue weighted by Crippen LogP contribution is 2.06. The van der Waals surface area contributed by atoms with Crippen molar-refractivity contribution in [3.8, 4) is 0 Å². The van der Waals surface area contributed by atoms with E-state index in [1.165, 1.54) is 0 Å². The molecule has 0 heterocycles. The summed E-state index contributed by atoms with van der Waals surface area (Å²) in [7, 11) is 0. The third kappa shape index (κ3) is 10.2. The van der Waals surface area contributed by atoms with Crippen LogP contribution >= 0.6 is 0 Å². The van der Waals surface area contributed by atoms with Gasteiger partial charge in [-0.2, -0.15) is 0 Å². The summed E-state index contributed by atoms with van der Waals surface area (Å²) in [5.41, 5.74) is 16.2. The van der Waals surface area contributed by atoms with Gasteiger partial charge < -0.3 is 32.6 Å². The molecule has 0 aromatic heterocycles. The second-order valence-electron chi connectivity index (χ2n) is 5.66. The van der Waals surface area contributed by atoms with Crippen LogP contribution in [0.2, 0.25) is 0 Å². The number of carbonyl (C=O) groups excluding carboxylic acids is 3. The predicted molar refractivity (Wildman–Crippen MR) is 88.3 cm³/mol. The zero-order chi connectivity index (χ0) is 17.8. The van der Waals surface area contributed by atoms with Gasteiger partial charge in [-0.25, -0.2) is 0 Å². The number of hydrogen-bond acceptors (Lipinski definition) is 5. The van der Waals surface area contributed by atoms with Crippen molar-refractivity contribution in [3.63, 3.8) is 0 Å². The molecule has 0 spiro atoms. The van der Waals surface area contributed by atoms with Crippen LogP contribution in [0.1, 0.15) is 33.1 Å². The van der Waals surface area contributed by atoms with Gasteiger partial charge in [0.05, 0.1) is 12.6 Å². The van der Waals surface area contributed by atoms with E-state index in [-0.39, 0.29) is 18.4 Å². The van der Waals surface area contributed by atoms with Crippen molar-refractivity contribution >= 4 is 24.1 Å². The Labute approximate surface area is 136 Å². The summed E-state index contributed by atoms with van der Waals surface area (Å²) in [6.45, 7) is 4.16. The molecule has 2 atom stereocenters. The van der Waals surface area contributed by atoms with Crippen LogP contribution in [-0.2, 0) is 14.4 Å². The van der Waals surface area contributed by atoms with E-state index in [1.54, 1.807) is 0 Å². The van der Waals surface area contributed by atoms with E-state index in [4.69, 9.17) is 17.2 Å². The number of carbonyl (C=O) groups is 3. The third-order valence-electron chi connectivity index (χ3n) is 3.00. The number of nitrogens with two attached hydrogens (primary N) is 3. The molecule has 2 amide bonds. The zero-order valence-electron chi connectivity index (χ0n) is 13.7. The summed E-state index contributed by atoms with van der Waals surface area (Å²) in [6, 6.07) is -1.47. The molecule has 132 valence electrons. The molecule has 23 heavy (non-hydrogen) atoms. The highest BCUT2D eigenvalue weighted by molar-refractivity contribution is 5.90. The molecule has 8 N–H and O–H groups in total. The normalized spacial score (nSPS) is 13.0. The number of nitrogens with one attached hydrogen (secondary N) is 2. The standard InChI is InChI=1S/C14H28N6O3/c1-9(2)8-11(13(23)18-6-7-21)20-12(22)10(15)4-3-5-19-14(16)17/h7,9-11H,3-6,8,15H2,1-2H3,(H,18,23)(H,20,22)(H4,16,17,19)/t10-,11-/m0/s1. The van der Waals surface area contributed by atoms with Gasteiger partial charge in [-0.15, -0.1) is 0 Å². The molecule has 0 aliphatic rings. The summed E-state index contributed by atoms with van der Waals surface area (Å²) >= 11 is 0. The Hall–Kier alpha value is -2.16. The lowest BCUT2D eigenvalue weighted by Gasteiger charge is -2.21. The van der Waals surface area contributed by atoms with Crippen molar-refractivity contribution < 1.29 is 14.4 Å². The second-order valence-corrected chi connectivity index (χ2v) is 5.66. The number of rotatable bonds is 11. The fraction of sp³-hybridized carbons (Fsp3) is 0.714. The molecule has 0 rings (SSSR count). The number of aliphatic imine (C=N–C) groups is 1. The minimum atomic E-state index is -0.752. The molecule has 9 heteroatoms. The van der Waals surface area contributed by atoms with Gasteiger partial charge in [-0.3, -0.25) is 14.6 Å². The van der Waals surface area contributed by atoms with E-state index in [0.29, 0.717) is 32.1 Å². The zero-order valence-corrected chi connectivity index (χ0v) is 13.7. The molecule has 0 radical (unpaired) electrons. The fourth-order valence-electron chi connectivity index (χ4n) is 1.90. The molecule has 0 aliphatic heterocycles. The van der Waals surface area contributed by atoms with Gasteiger partial charge in [-0.1, -0.05) is 13.8 Å². The van der Waals surface area contributed by atoms with Gasteiger partial charge in [0.25, 0.3) is 0 Å². The van der Waals surface area contributed by atoms with Crippen LogP contribution in [0.15, 0.2) is 4.99 Å². The number of nitrogens with zero attached hydrogens (tertiary/aromatic N) is 1. The van der Waals surface area contributed by atoms with Crippen molar-refractivity contribution in [2.45, 2.75) is 45.2 Å². The first-order valence-corrected chi connectivity index (χ1v) is 7.60. The molecular formula is C14H28N6O3. The molecule has 0 aromatic carbocycles. The monoisotopic (exact) mass is 328 g/mol. The minimum Gasteiger partial charge on any atom is -0.370 e. The summed E-state index contributed by atoms with van der Waals surface area (Å²) < 4.78 is 0. The Morgan fingerprint density at radius 1 is 1.22 bits per heavy atom. The molecule has 0 saturated heterocycles. The van der Waals surface area contributed by atoms with Crippen LogP contribution in [0, 0.1) is 5.92 Å². The minimum absolute atomic E-state index is 0.00753. The number of hydrogen-bond donors (Lipinski definition) is 5. The van der Waals surface area contributed by atoms with Gasteiger partial charge in [0, 0.05) is 6.54 Å². The molecule has 0 fully saturated rings. The van der Waals surface area contributed by atoms with Crippen molar-refractivity contribution in [2.75, 3.05) is 13.1 Å². The van der Waals surface area contributed by atoms with Crippen LogP contribution in [0.3, 0.4) is 0 Å². The Kier molecular flexibility index (Phi) is 10.3. The van der Waals surface area contributed by atoms with Crippen molar-refractivity contribution in [1.29, 1.82) is 0 Å². The van der Waals surface area contributed by atoms with E-state index >= 15 is 0 Å². The number of amides is 2. The van der Waals surface area contributed by atoms with Gasteiger partial charge in [0.1, 0.15) is 12.3 Å². The van der Waals surface area contributed by atoms with E-state index in [0.717, 1.165) is 0 Å². The van der Waals surface area contributed by atoms with Crippen LogP contribution < -0.4 is 27.8 Å². The Morgan fingerprint density at radius 2 is 1.87 bits per heavy atom. The van der Waals surface area contributed by atoms with Crippen LogP contribution in [0.5, 0.6) is 0 Å². The van der Waals surface area contributed by atoms with E-state index in [1.807, 2.05) is 13.8 Å². The first-order valence-electron chi connectivity index (χ1n) is 7.60. The first kappa shape index (κ1) is 20.8. The molecule has 0 bridgehead atoms. The maximum absolute atomic E-state index is 12.1. The molecular weight excluding hydrogens is 300 g/mol. The molecule has 0 unspecified atom stereocenters.